The number of fused-ring (bicyclic) bond motifs is 1. The Morgan fingerprint density at radius 1 is 0.967 bits per heavy atom. The van der Waals surface area contributed by atoms with Crippen LogP contribution >= 0.6 is 0 Å². The number of pyridine rings is 1. The monoisotopic (exact) mass is 424 g/mol. The maximum atomic E-state index is 12.7. The number of para-hydroxylation sites is 1. The zero-order chi connectivity index (χ0) is 21.0. The number of benzene rings is 2. The van der Waals surface area contributed by atoms with E-state index in [0.29, 0.717) is 18.7 Å². The minimum Gasteiger partial charge on any atom is -0.460 e. The van der Waals surface area contributed by atoms with E-state index >= 15 is 0 Å². The smallest absolute Gasteiger partial charge is 0.310 e. The van der Waals surface area contributed by atoms with Crippen molar-refractivity contribution in [3.05, 3.63) is 71.9 Å². The number of hydrogen-bond acceptors (Lipinski definition) is 5. The second kappa shape index (κ2) is 8.93. The van der Waals surface area contributed by atoms with Crippen LogP contribution in [-0.4, -0.2) is 36.8 Å². The molecule has 1 saturated heterocycles. The number of esters is 1. The van der Waals surface area contributed by atoms with Gasteiger partial charge in [0.05, 0.1) is 16.8 Å². The van der Waals surface area contributed by atoms with Crippen LogP contribution in [0.3, 0.4) is 0 Å². The van der Waals surface area contributed by atoms with E-state index in [9.17, 15) is 13.2 Å². The van der Waals surface area contributed by atoms with Crippen LogP contribution in [0.2, 0.25) is 0 Å². The van der Waals surface area contributed by atoms with Gasteiger partial charge in [-0.2, -0.15) is 4.31 Å². The highest BCUT2D eigenvalue weighted by atomic mass is 32.2. The highest BCUT2D eigenvalue weighted by molar-refractivity contribution is 7.89. The number of hydrogen-bond donors (Lipinski definition) is 0. The second-order valence-electron chi connectivity index (χ2n) is 7.44. The Morgan fingerprint density at radius 2 is 1.70 bits per heavy atom. The van der Waals surface area contributed by atoms with Crippen LogP contribution < -0.4 is 0 Å². The Morgan fingerprint density at radius 3 is 2.47 bits per heavy atom. The van der Waals surface area contributed by atoms with Gasteiger partial charge in [-0.15, -0.1) is 0 Å². The summed E-state index contributed by atoms with van der Waals surface area (Å²) in [6.07, 6.45) is 4.67. The number of sulfonamides is 1. The second-order valence-corrected chi connectivity index (χ2v) is 9.38. The highest BCUT2D eigenvalue weighted by Gasteiger charge is 2.25. The summed E-state index contributed by atoms with van der Waals surface area (Å²) >= 11 is 0. The van der Waals surface area contributed by atoms with Crippen molar-refractivity contribution in [3.8, 4) is 0 Å². The molecule has 0 unspecified atom stereocenters. The molecule has 2 aromatic carbocycles. The van der Waals surface area contributed by atoms with Crippen LogP contribution in [0.5, 0.6) is 0 Å². The normalized spacial score (nSPS) is 15.2. The van der Waals surface area contributed by atoms with Crippen molar-refractivity contribution in [2.24, 2.45) is 0 Å². The SMILES string of the molecule is O=C(Cc1ccc(S(=O)(=O)N2CCCCC2)cc1)OCc1cccc2cccnc12. The molecule has 1 aliphatic heterocycles. The van der Waals surface area contributed by atoms with E-state index < -0.39 is 10.0 Å². The lowest BCUT2D eigenvalue weighted by molar-refractivity contribution is -0.144. The minimum atomic E-state index is -3.46. The average Bonchev–Trinajstić information content (AvgIpc) is 2.78. The number of rotatable bonds is 6. The van der Waals surface area contributed by atoms with E-state index in [1.165, 1.54) is 4.31 Å². The Labute approximate surface area is 176 Å². The van der Waals surface area contributed by atoms with Crippen molar-refractivity contribution in [1.29, 1.82) is 0 Å². The maximum absolute atomic E-state index is 12.7. The summed E-state index contributed by atoms with van der Waals surface area (Å²) in [4.78, 5) is 16.9. The lowest BCUT2D eigenvalue weighted by Gasteiger charge is -2.25. The summed E-state index contributed by atoms with van der Waals surface area (Å²) in [6, 6.07) is 16.1. The fraction of sp³-hybridized carbons (Fsp3) is 0.304. The van der Waals surface area contributed by atoms with Crippen molar-refractivity contribution >= 4 is 26.9 Å². The van der Waals surface area contributed by atoms with Crippen LogP contribution in [-0.2, 0) is 32.6 Å². The third kappa shape index (κ3) is 4.52. The predicted octanol–water partition coefficient (Wildman–Crippen LogP) is 3.70. The molecule has 1 aromatic heterocycles. The third-order valence-electron chi connectivity index (χ3n) is 5.33. The van der Waals surface area contributed by atoms with Gasteiger partial charge in [-0.3, -0.25) is 9.78 Å². The first-order chi connectivity index (χ1) is 14.5. The van der Waals surface area contributed by atoms with E-state index in [2.05, 4.69) is 4.98 Å². The maximum Gasteiger partial charge on any atom is 0.310 e. The van der Waals surface area contributed by atoms with Crippen molar-refractivity contribution < 1.29 is 17.9 Å². The molecule has 0 atom stereocenters. The first kappa shape index (κ1) is 20.5. The summed E-state index contributed by atoms with van der Waals surface area (Å²) in [5.74, 6) is -0.366. The first-order valence-electron chi connectivity index (χ1n) is 10.1. The molecule has 30 heavy (non-hydrogen) atoms. The van der Waals surface area contributed by atoms with Crippen LogP contribution in [0.4, 0.5) is 0 Å². The predicted molar refractivity (Wildman–Crippen MR) is 114 cm³/mol. The van der Waals surface area contributed by atoms with E-state index in [1.807, 2.05) is 30.3 Å². The molecule has 4 rings (SSSR count). The van der Waals surface area contributed by atoms with Gasteiger partial charge < -0.3 is 4.74 Å². The molecular weight excluding hydrogens is 400 g/mol. The summed E-state index contributed by atoms with van der Waals surface area (Å²) in [7, 11) is -3.46. The summed E-state index contributed by atoms with van der Waals surface area (Å²) < 4.78 is 32.4. The fourth-order valence-electron chi connectivity index (χ4n) is 3.69. The Bertz CT molecular complexity index is 1130. The minimum absolute atomic E-state index is 0.0856. The fourth-order valence-corrected chi connectivity index (χ4v) is 5.21. The van der Waals surface area contributed by atoms with E-state index in [1.54, 1.807) is 30.5 Å². The molecule has 1 aliphatic rings. The lowest BCUT2D eigenvalue weighted by atomic mass is 10.1. The molecule has 0 N–H and O–H groups in total. The molecular formula is C23H24N2O4S. The molecule has 0 amide bonds. The van der Waals surface area contributed by atoms with Crippen molar-refractivity contribution in [2.75, 3.05) is 13.1 Å². The lowest BCUT2D eigenvalue weighted by Crippen LogP contribution is -2.35. The van der Waals surface area contributed by atoms with Gasteiger partial charge in [0, 0.05) is 30.2 Å². The van der Waals surface area contributed by atoms with Gasteiger partial charge in [-0.25, -0.2) is 8.42 Å². The van der Waals surface area contributed by atoms with Gasteiger partial charge in [0.2, 0.25) is 10.0 Å². The van der Waals surface area contributed by atoms with Crippen molar-refractivity contribution in [3.63, 3.8) is 0 Å². The highest BCUT2D eigenvalue weighted by Crippen LogP contribution is 2.21. The molecule has 1 fully saturated rings. The average molecular weight is 425 g/mol. The topological polar surface area (TPSA) is 76.6 Å². The van der Waals surface area contributed by atoms with Crippen LogP contribution in [0, 0.1) is 0 Å². The largest absolute Gasteiger partial charge is 0.460 e. The van der Waals surface area contributed by atoms with Crippen LogP contribution in [0.15, 0.2) is 65.7 Å². The molecule has 0 bridgehead atoms. The summed E-state index contributed by atoms with van der Waals surface area (Å²) in [6.45, 7) is 1.29. The molecule has 0 saturated carbocycles. The van der Waals surface area contributed by atoms with Crippen molar-refractivity contribution in [2.45, 2.75) is 37.2 Å². The van der Waals surface area contributed by atoms with Crippen LogP contribution in [0.1, 0.15) is 30.4 Å². The molecule has 7 heteroatoms. The van der Waals surface area contributed by atoms with Crippen LogP contribution in [0.25, 0.3) is 10.9 Å². The summed E-state index contributed by atoms with van der Waals surface area (Å²) in [5, 5.41) is 0.997. The molecule has 0 aliphatic carbocycles. The third-order valence-corrected chi connectivity index (χ3v) is 7.24. The summed E-state index contributed by atoms with van der Waals surface area (Å²) in [5.41, 5.74) is 2.39. The number of nitrogens with zero attached hydrogens (tertiary/aromatic N) is 2. The van der Waals surface area contributed by atoms with Gasteiger partial charge in [-0.1, -0.05) is 42.8 Å². The van der Waals surface area contributed by atoms with E-state index in [-0.39, 0.29) is 23.9 Å². The number of carbonyl (C=O) groups is 1. The first-order valence-corrected chi connectivity index (χ1v) is 11.6. The Kier molecular flexibility index (Phi) is 6.11. The Balaban J connectivity index is 1.38. The molecule has 3 aromatic rings. The molecule has 2 heterocycles. The van der Waals surface area contributed by atoms with Gasteiger partial charge >= 0.3 is 5.97 Å². The standard InChI is InChI=1S/C23H24N2O4S/c26-22(29-17-20-7-4-6-19-8-5-13-24-23(19)20)16-18-9-11-21(12-10-18)30(27,28)25-14-2-1-3-15-25/h4-13H,1-3,14-17H2. The van der Waals surface area contributed by atoms with E-state index in [4.69, 9.17) is 4.74 Å². The molecule has 0 radical (unpaired) electrons. The molecule has 6 nitrogen and oxygen atoms in total. The van der Waals surface area contributed by atoms with Crippen molar-refractivity contribution in [1.82, 2.24) is 9.29 Å². The zero-order valence-electron chi connectivity index (χ0n) is 16.7. The molecule has 156 valence electrons. The quantitative estimate of drug-likeness (QED) is 0.564. The Hall–Kier alpha value is -2.77. The molecule has 0 spiro atoms. The number of carbonyl (C=O) groups excluding carboxylic acids is 1. The number of aromatic nitrogens is 1. The van der Waals surface area contributed by atoms with E-state index in [0.717, 1.165) is 35.7 Å². The zero-order valence-corrected chi connectivity index (χ0v) is 17.5. The van der Waals surface area contributed by atoms with Gasteiger partial charge in [0.15, 0.2) is 0 Å². The van der Waals surface area contributed by atoms with Gasteiger partial charge in [0.25, 0.3) is 0 Å². The van der Waals surface area contributed by atoms with Gasteiger partial charge in [-0.05, 0) is 36.6 Å². The number of piperidine rings is 1. The number of ether oxygens (including phenoxy) is 1. The van der Waals surface area contributed by atoms with Gasteiger partial charge in [0.1, 0.15) is 6.61 Å².